The highest BCUT2D eigenvalue weighted by molar-refractivity contribution is 5.67. The zero-order valence-corrected chi connectivity index (χ0v) is 14.6. The Balaban J connectivity index is 1.95. The highest BCUT2D eigenvalue weighted by Crippen LogP contribution is 2.39. The average molecular weight is 341 g/mol. The third-order valence-corrected chi connectivity index (χ3v) is 4.06. The predicted octanol–water partition coefficient (Wildman–Crippen LogP) is 3.14. The van der Waals surface area contributed by atoms with Gasteiger partial charge in [0.2, 0.25) is 5.95 Å². The third-order valence-electron chi connectivity index (χ3n) is 4.06. The molecule has 0 aliphatic heterocycles. The molecule has 1 aromatic rings. The van der Waals surface area contributed by atoms with Gasteiger partial charge in [0.25, 0.3) is 0 Å². The molecule has 2 rings (SSSR count). The summed E-state index contributed by atoms with van der Waals surface area (Å²) in [5.74, 6) is -0.891. The highest BCUT2D eigenvalue weighted by Gasteiger charge is 2.41. The molecule has 1 aliphatic carbocycles. The topological polar surface area (TPSA) is 63.2 Å². The molecule has 1 unspecified atom stereocenters. The van der Waals surface area contributed by atoms with E-state index in [9.17, 15) is 13.6 Å². The molecule has 1 fully saturated rings. The molecule has 5 nitrogen and oxygen atoms in total. The molecular formula is C17H25F2N3O2. The van der Waals surface area contributed by atoms with Crippen LogP contribution in [0.2, 0.25) is 0 Å². The van der Waals surface area contributed by atoms with Crippen molar-refractivity contribution >= 4 is 6.09 Å². The lowest BCUT2D eigenvalue weighted by atomic mass is 9.95. The number of ether oxygens (including phenoxy) is 1. The lowest BCUT2D eigenvalue weighted by Crippen LogP contribution is -2.53. The first-order valence-electron chi connectivity index (χ1n) is 8.11. The van der Waals surface area contributed by atoms with Crippen LogP contribution in [0.1, 0.15) is 46.1 Å². The summed E-state index contributed by atoms with van der Waals surface area (Å²) in [6, 6.07) is 1.08. The summed E-state index contributed by atoms with van der Waals surface area (Å²) < 4.78 is 32.1. The van der Waals surface area contributed by atoms with Gasteiger partial charge in [-0.2, -0.15) is 4.39 Å². The van der Waals surface area contributed by atoms with Crippen molar-refractivity contribution in [2.45, 2.75) is 58.2 Å². The normalized spacial score (nSPS) is 17.2. The van der Waals surface area contributed by atoms with E-state index in [2.05, 4.69) is 15.6 Å². The van der Waals surface area contributed by atoms with Gasteiger partial charge in [-0.15, -0.1) is 0 Å². The number of amides is 1. The number of rotatable bonds is 6. The summed E-state index contributed by atoms with van der Waals surface area (Å²) >= 11 is 0. The molecule has 134 valence electrons. The SMILES string of the molecule is CC(C)(C)OC(=O)NCC(C)(NCc1cc(F)ncc1F)C1CC1. The molecule has 1 saturated carbocycles. The van der Waals surface area contributed by atoms with Crippen molar-refractivity contribution in [3.63, 3.8) is 0 Å². The van der Waals surface area contributed by atoms with E-state index in [4.69, 9.17) is 4.74 Å². The minimum Gasteiger partial charge on any atom is -0.444 e. The predicted molar refractivity (Wildman–Crippen MR) is 86.4 cm³/mol. The van der Waals surface area contributed by atoms with Gasteiger partial charge in [0, 0.05) is 30.3 Å². The fourth-order valence-electron chi connectivity index (χ4n) is 2.53. The lowest BCUT2D eigenvalue weighted by molar-refractivity contribution is 0.0507. The molecule has 2 N–H and O–H groups in total. The fourth-order valence-corrected chi connectivity index (χ4v) is 2.53. The molecule has 1 aromatic heterocycles. The Hall–Kier alpha value is -1.76. The summed E-state index contributed by atoms with van der Waals surface area (Å²) in [5.41, 5.74) is -0.763. The zero-order chi connectivity index (χ0) is 18.0. The van der Waals surface area contributed by atoms with E-state index in [1.54, 1.807) is 20.8 Å². The molecule has 1 atom stereocenters. The Morgan fingerprint density at radius 2 is 2.00 bits per heavy atom. The van der Waals surface area contributed by atoms with E-state index in [1.165, 1.54) is 0 Å². The van der Waals surface area contributed by atoms with Gasteiger partial charge in [0.1, 0.15) is 11.4 Å². The van der Waals surface area contributed by atoms with Gasteiger partial charge in [0.05, 0.1) is 6.20 Å². The third kappa shape index (κ3) is 5.40. The number of pyridine rings is 1. The van der Waals surface area contributed by atoms with Crippen LogP contribution in [0.5, 0.6) is 0 Å². The summed E-state index contributed by atoms with van der Waals surface area (Å²) in [5, 5.41) is 6.02. The summed E-state index contributed by atoms with van der Waals surface area (Å²) in [6.45, 7) is 7.87. The van der Waals surface area contributed by atoms with Crippen LogP contribution in [-0.2, 0) is 11.3 Å². The highest BCUT2D eigenvalue weighted by atomic mass is 19.1. The van der Waals surface area contributed by atoms with Gasteiger partial charge >= 0.3 is 6.09 Å². The van der Waals surface area contributed by atoms with Crippen LogP contribution in [0.3, 0.4) is 0 Å². The maximum absolute atomic E-state index is 13.7. The number of hydrogen-bond donors (Lipinski definition) is 2. The number of nitrogens with one attached hydrogen (secondary N) is 2. The Bertz CT molecular complexity index is 600. The number of aromatic nitrogens is 1. The Morgan fingerprint density at radius 3 is 2.58 bits per heavy atom. The van der Waals surface area contributed by atoms with Gasteiger partial charge in [-0.25, -0.2) is 14.2 Å². The standard InChI is InChI=1S/C17H25F2N3O2/c1-16(2,3)24-15(23)21-10-17(4,12-5-6-12)22-8-11-7-14(19)20-9-13(11)18/h7,9,12,22H,5-6,8,10H2,1-4H3,(H,21,23). The molecule has 0 radical (unpaired) electrons. The monoisotopic (exact) mass is 341 g/mol. The van der Waals surface area contributed by atoms with Crippen LogP contribution in [-0.4, -0.2) is 28.8 Å². The first kappa shape index (κ1) is 18.6. The van der Waals surface area contributed by atoms with Crippen molar-refractivity contribution in [2.75, 3.05) is 6.54 Å². The van der Waals surface area contributed by atoms with E-state index in [-0.39, 0.29) is 12.1 Å². The van der Waals surface area contributed by atoms with E-state index in [0.29, 0.717) is 12.5 Å². The number of alkyl carbamates (subject to hydrolysis) is 1. The van der Waals surface area contributed by atoms with Crippen LogP contribution in [0.15, 0.2) is 12.3 Å². The van der Waals surface area contributed by atoms with Crippen molar-refractivity contribution < 1.29 is 18.3 Å². The van der Waals surface area contributed by atoms with Crippen molar-refractivity contribution in [3.8, 4) is 0 Å². The Kier molecular flexibility index (Phi) is 5.42. The Morgan fingerprint density at radius 1 is 1.33 bits per heavy atom. The molecule has 0 saturated heterocycles. The zero-order valence-electron chi connectivity index (χ0n) is 14.6. The quantitative estimate of drug-likeness (QED) is 0.780. The van der Waals surface area contributed by atoms with Gasteiger partial charge in [0.15, 0.2) is 0 Å². The molecule has 0 aromatic carbocycles. The smallest absolute Gasteiger partial charge is 0.407 e. The minimum atomic E-state index is -0.715. The second-order valence-corrected chi connectivity index (χ2v) is 7.50. The van der Waals surface area contributed by atoms with Gasteiger partial charge in [-0.1, -0.05) is 0 Å². The molecule has 0 spiro atoms. The number of halogens is 2. The molecular weight excluding hydrogens is 316 g/mol. The first-order valence-corrected chi connectivity index (χ1v) is 8.11. The van der Waals surface area contributed by atoms with Crippen molar-refractivity contribution in [2.24, 2.45) is 5.92 Å². The van der Waals surface area contributed by atoms with Gasteiger partial charge < -0.3 is 15.4 Å². The van der Waals surface area contributed by atoms with Crippen LogP contribution in [0.4, 0.5) is 13.6 Å². The number of nitrogens with zero attached hydrogens (tertiary/aromatic N) is 1. The summed E-state index contributed by atoms with van der Waals surface area (Å²) in [7, 11) is 0. The van der Waals surface area contributed by atoms with E-state index in [0.717, 1.165) is 25.1 Å². The second-order valence-electron chi connectivity index (χ2n) is 7.50. The van der Waals surface area contributed by atoms with Crippen molar-refractivity contribution in [1.82, 2.24) is 15.6 Å². The number of hydrogen-bond acceptors (Lipinski definition) is 4. The van der Waals surface area contributed by atoms with E-state index in [1.807, 2.05) is 6.92 Å². The molecule has 1 heterocycles. The van der Waals surface area contributed by atoms with Gasteiger partial charge in [-0.05, 0) is 46.5 Å². The molecule has 7 heteroatoms. The molecule has 0 bridgehead atoms. The van der Waals surface area contributed by atoms with Crippen LogP contribution >= 0.6 is 0 Å². The number of carbonyl (C=O) groups is 1. The average Bonchev–Trinajstić information content (AvgIpc) is 3.29. The molecule has 1 aliphatic rings. The largest absolute Gasteiger partial charge is 0.444 e. The van der Waals surface area contributed by atoms with Gasteiger partial charge in [-0.3, -0.25) is 0 Å². The van der Waals surface area contributed by atoms with E-state index >= 15 is 0 Å². The first-order chi connectivity index (χ1) is 11.1. The maximum Gasteiger partial charge on any atom is 0.407 e. The fraction of sp³-hybridized carbons (Fsp3) is 0.647. The molecule has 1 amide bonds. The second kappa shape index (κ2) is 7.01. The summed E-state index contributed by atoms with van der Waals surface area (Å²) in [4.78, 5) is 15.1. The van der Waals surface area contributed by atoms with Crippen molar-refractivity contribution in [3.05, 3.63) is 29.6 Å². The Labute approximate surface area is 141 Å². The lowest BCUT2D eigenvalue weighted by Gasteiger charge is -2.32. The maximum atomic E-state index is 13.7. The van der Waals surface area contributed by atoms with Crippen LogP contribution < -0.4 is 10.6 Å². The number of carbonyl (C=O) groups excluding carboxylic acids is 1. The minimum absolute atomic E-state index is 0.161. The van der Waals surface area contributed by atoms with E-state index < -0.39 is 29.0 Å². The van der Waals surface area contributed by atoms with Crippen LogP contribution in [0.25, 0.3) is 0 Å². The van der Waals surface area contributed by atoms with Crippen molar-refractivity contribution in [1.29, 1.82) is 0 Å². The molecule has 24 heavy (non-hydrogen) atoms. The summed E-state index contributed by atoms with van der Waals surface area (Å²) in [6.07, 6.45) is 2.45. The van der Waals surface area contributed by atoms with Crippen LogP contribution in [0, 0.1) is 17.7 Å².